The summed E-state index contributed by atoms with van der Waals surface area (Å²) in [5.41, 5.74) is 6.77. The van der Waals surface area contributed by atoms with Gasteiger partial charge in [-0.15, -0.1) is 0 Å². The summed E-state index contributed by atoms with van der Waals surface area (Å²) in [5.74, 6) is 0. The van der Waals surface area contributed by atoms with Crippen LogP contribution < -0.4 is 10.5 Å². The zero-order chi connectivity index (χ0) is 13.8. The van der Waals surface area contributed by atoms with E-state index in [-0.39, 0.29) is 17.5 Å². The van der Waals surface area contributed by atoms with Gasteiger partial charge >= 0.3 is 0 Å². The Morgan fingerprint density at radius 1 is 1.50 bits per heavy atom. The molecule has 0 saturated carbocycles. The lowest BCUT2D eigenvalue weighted by molar-refractivity contribution is 0.564. The van der Waals surface area contributed by atoms with Gasteiger partial charge in [-0.2, -0.15) is 5.26 Å². The van der Waals surface area contributed by atoms with Crippen molar-refractivity contribution < 1.29 is 8.42 Å². The maximum absolute atomic E-state index is 12.0. The molecule has 0 fully saturated rings. The van der Waals surface area contributed by atoms with Crippen LogP contribution in [0.1, 0.15) is 24.5 Å². The number of nitrogens with two attached hydrogens (primary N) is 1. The highest BCUT2D eigenvalue weighted by molar-refractivity contribution is 7.89. The number of benzene rings is 1. The van der Waals surface area contributed by atoms with Crippen molar-refractivity contribution in [2.75, 3.05) is 6.54 Å². The van der Waals surface area contributed by atoms with Gasteiger partial charge in [0.2, 0.25) is 10.0 Å². The summed E-state index contributed by atoms with van der Waals surface area (Å²) in [5, 5.41) is 8.79. The van der Waals surface area contributed by atoms with Crippen molar-refractivity contribution in [3.8, 4) is 6.07 Å². The van der Waals surface area contributed by atoms with Crippen LogP contribution in [0.25, 0.3) is 0 Å². The Balaban J connectivity index is 2.93. The minimum Gasteiger partial charge on any atom is -0.327 e. The fourth-order valence-corrected chi connectivity index (χ4v) is 2.55. The van der Waals surface area contributed by atoms with Crippen LogP contribution in [-0.2, 0) is 10.0 Å². The third kappa shape index (κ3) is 3.53. The Hall–Kier alpha value is -1.42. The number of nitrogens with one attached hydrogen (secondary N) is 1. The average molecular weight is 267 g/mol. The van der Waals surface area contributed by atoms with Crippen LogP contribution in [0.2, 0.25) is 0 Å². The van der Waals surface area contributed by atoms with E-state index in [0.29, 0.717) is 17.5 Å². The predicted octanol–water partition coefficient (Wildman–Crippen LogP) is 0.882. The van der Waals surface area contributed by atoms with Crippen molar-refractivity contribution in [1.29, 1.82) is 5.26 Å². The molecule has 0 saturated heterocycles. The lowest BCUT2D eigenvalue weighted by atomic mass is 10.1. The monoisotopic (exact) mass is 267 g/mol. The van der Waals surface area contributed by atoms with Gasteiger partial charge in [0.15, 0.2) is 0 Å². The van der Waals surface area contributed by atoms with Gasteiger partial charge in [-0.1, -0.05) is 6.92 Å². The fourth-order valence-electron chi connectivity index (χ4n) is 1.37. The van der Waals surface area contributed by atoms with Crippen molar-refractivity contribution >= 4 is 10.0 Å². The Kier molecular flexibility index (Phi) is 4.84. The molecule has 0 amide bonds. The number of hydrogen-bond donors (Lipinski definition) is 2. The summed E-state index contributed by atoms with van der Waals surface area (Å²) in [6.45, 7) is 3.80. The van der Waals surface area contributed by atoms with Crippen LogP contribution in [0.15, 0.2) is 23.1 Å². The molecule has 0 radical (unpaired) electrons. The van der Waals surface area contributed by atoms with Crippen molar-refractivity contribution in [2.24, 2.45) is 5.73 Å². The second-order valence-electron chi connectivity index (χ2n) is 4.11. The minimum absolute atomic E-state index is 0.155. The number of sulfonamides is 1. The Morgan fingerprint density at radius 2 is 2.17 bits per heavy atom. The van der Waals surface area contributed by atoms with Gasteiger partial charge in [0.05, 0.1) is 16.5 Å². The summed E-state index contributed by atoms with van der Waals surface area (Å²) >= 11 is 0. The Bertz CT molecular complexity index is 561. The summed E-state index contributed by atoms with van der Waals surface area (Å²) in [4.78, 5) is 0.155. The molecule has 5 nitrogen and oxygen atoms in total. The standard InChI is InChI=1S/C12H17N3O2S/c1-3-11(14)8-15-18(16,17)12-5-4-10(7-13)9(2)6-12/h4-6,11,15H,3,8,14H2,1-2H3. The molecule has 6 heteroatoms. The maximum atomic E-state index is 12.0. The minimum atomic E-state index is -3.55. The number of hydrogen-bond acceptors (Lipinski definition) is 4. The first-order valence-corrected chi connectivity index (χ1v) is 7.15. The molecule has 0 aromatic heterocycles. The molecule has 0 aliphatic rings. The van der Waals surface area contributed by atoms with Crippen LogP contribution >= 0.6 is 0 Å². The molecule has 0 bridgehead atoms. The molecular formula is C12H17N3O2S. The summed E-state index contributed by atoms with van der Waals surface area (Å²) in [7, 11) is -3.55. The SMILES string of the molecule is CCC(N)CNS(=O)(=O)c1ccc(C#N)c(C)c1. The highest BCUT2D eigenvalue weighted by atomic mass is 32.2. The van der Waals surface area contributed by atoms with E-state index in [4.69, 9.17) is 11.0 Å². The van der Waals surface area contributed by atoms with E-state index in [1.54, 1.807) is 6.92 Å². The van der Waals surface area contributed by atoms with Crippen LogP contribution in [0.4, 0.5) is 0 Å². The van der Waals surface area contributed by atoms with Crippen molar-refractivity contribution in [3.63, 3.8) is 0 Å². The molecule has 1 unspecified atom stereocenters. The van der Waals surface area contributed by atoms with E-state index in [9.17, 15) is 8.42 Å². The highest BCUT2D eigenvalue weighted by Crippen LogP contribution is 2.14. The first kappa shape index (κ1) is 14.6. The number of rotatable bonds is 5. The molecule has 1 rings (SSSR count). The van der Waals surface area contributed by atoms with Crippen LogP contribution in [0.3, 0.4) is 0 Å². The van der Waals surface area contributed by atoms with Gasteiger partial charge in [0.25, 0.3) is 0 Å². The first-order valence-electron chi connectivity index (χ1n) is 5.66. The van der Waals surface area contributed by atoms with Crippen LogP contribution in [-0.4, -0.2) is 21.0 Å². The van der Waals surface area contributed by atoms with Gasteiger partial charge in [-0.3, -0.25) is 0 Å². The fraction of sp³-hybridized carbons (Fsp3) is 0.417. The predicted molar refractivity (Wildman–Crippen MR) is 69.3 cm³/mol. The highest BCUT2D eigenvalue weighted by Gasteiger charge is 2.15. The van der Waals surface area contributed by atoms with E-state index in [1.807, 2.05) is 13.0 Å². The van der Waals surface area contributed by atoms with Crippen molar-refractivity contribution in [1.82, 2.24) is 4.72 Å². The lowest BCUT2D eigenvalue weighted by Gasteiger charge is -2.11. The normalized spacial score (nSPS) is 13.0. The molecule has 0 aliphatic carbocycles. The zero-order valence-electron chi connectivity index (χ0n) is 10.5. The number of nitriles is 1. The van der Waals surface area contributed by atoms with Crippen LogP contribution in [0.5, 0.6) is 0 Å². The molecule has 0 aliphatic heterocycles. The first-order chi connectivity index (χ1) is 8.40. The van der Waals surface area contributed by atoms with E-state index in [2.05, 4.69) is 4.72 Å². The molecule has 1 aromatic carbocycles. The van der Waals surface area contributed by atoms with Gasteiger partial charge in [-0.05, 0) is 37.1 Å². The Labute approximate surface area is 108 Å². The molecule has 1 aromatic rings. The smallest absolute Gasteiger partial charge is 0.240 e. The van der Waals surface area contributed by atoms with E-state index in [1.165, 1.54) is 18.2 Å². The van der Waals surface area contributed by atoms with E-state index in [0.717, 1.165) is 0 Å². The number of aryl methyl sites for hydroxylation is 1. The summed E-state index contributed by atoms with van der Waals surface area (Å²) < 4.78 is 26.4. The van der Waals surface area contributed by atoms with Gasteiger partial charge < -0.3 is 5.73 Å². The van der Waals surface area contributed by atoms with E-state index < -0.39 is 10.0 Å². The molecule has 3 N–H and O–H groups in total. The van der Waals surface area contributed by atoms with Crippen molar-refractivity contribution in [2.45, 2.75) is 31.2 Å². The molecule has 98 valence electrons. The van der Waals surface area contributed by atoms with Crippen LogP contribution in [0, 0.1) is 18.3 Å². The topological polar surface area (TPSA) is 96.0 Å². The summed E-state index contributed by atoms with van der Waals surface area (Å²) in [6.07, 6.45) is 0.703. The second-order valence-corrected chi connectivity index (χ2v) is 5.88. The van der Waals surface area contributed by atoms with Crippen molar-refractivity contribution in [3.05, 3.63) is 29.3 Å². The molecule has 0 heterocycles. The largest absolute Gasteiger partial charge is 0.327 e. The van der Waals surface area contributed by atoms with Gasteiger partial charge in [0.1, 0.15) is 0 Å². The molecule has 1 atom stereocenters. The summed E-state index contributed by atoms with van der Waals surface area (Å²) in [6, 6.07) is 6.21. The lowest BCUT2D eigenvalue weighted by Crippen LogP contribution is -2.36. The average Bonchev–Trinajstić information content (AvgIpc) is 2.35. The third-order valence-corrected chi connectivity index (χ3v) is 4.11. The third-order valence-electron chi connectivity index (χ3n) is 2.69. The maximum Gasteiger partial charge on any atom is 0.240 e. The number of nitrogens with zero attached hydrogens (tertiary/aromatic N) is 1. The quantitative estimate of drug-likeness (QED) is 0.827. The second kappa shape index (κ2) is 5.96. The molecule has 18 heavy (non-hydrogen) atoms. The van der Waals surface area contributed by atoms with E-state index >= 15 is 0 Å². The van der Waals surface area contributed by atoms with Gasteiger partial charge in [-0.25, -0.2) is 13.1 Å². The Morgan fingerprint density at radius 3 is 2.67 bits per heavy atom. The molecule has 0 spiro atoms. The molecular weight excluding hydrogens is 250 g/mol. The van der Waals surface area contributed by atoms with Gasteiger partial charge in [0, 0.05) is 12.6 Å². The zero-order valence-corrected chi connectivity index (χ0v) is 11.3.